The summed E-state index contributed by atoms with van der Waals surface area (Å²) in [4.78, 5) is 0. The van der Waals surface area contributed by atoms with Crippen molar-refractivity contribution < 1.29 is 57.6 Å². The van der Waals surface area contributed by atoms with Gasteiger partial charge in [0.1, 0.15) is 0 Å². The van der Waals surface area contributed by atoms with Gasteiger partial charge >= 0.3 is 48.9 Å². The van der Waals surface area contributed by atoms with Gasteiger partial charge in [-0.05, 0) is 0 Å². The van der Waals surface area contributed by atoms with Gasteiger partial charge in [-0.2, -0.15) is 0 Å². The molecule has 0 bridgehead atoms. The van der Waals surface area contributed by atoms with Crippen LogP contribution < -0.4 is 0 Å². The first kappa shape index (κ1) is 15.9. The second-order valence-electron chi connectivity index (χ2n) is 0.217. The second-order valence-corrected chi connectivity index (χ2v) is 0.651. The summed E-state index contributed by atoms with van der Waals surface area (Å²) < 4.78 is 24.1. The van der Waals surface area contributed by atoms with Gasteiger partial charge < -0.3 is 15.8 Å². The van der Waals surface area contributed by atoms with Crippen LogP contribution in [0.5, 0.6) is 0 Å². The Balaban J connectivity index is -0.00000000750. The molecule has 6 heavy (non-hydrogen) atoms. The first-order valence-corrected chi connectivity index (χ1v) is 1.55. The zero-order valence-corrected chi connectivity index (χ0v) is 11.3. The van der Waals surface area contributed by atoms with Crippen LogP contribution in [0, 0.1) is 41.7 Å². The van der Waals surface area contributed by atoms with Gasteiger partial charge in [0.25, 0.3) is 0 Å². The number of hydrogen-bond acceptors (Lipinski definition) is 3. The molecule has 0 atom stereocenters. The van der Waals surface area contributed by atoms with Crippen LogP contribution in [-0.2, 0) is 19.4 Å². The van der Waals surface area contributed by atoms with E-state index in [1.165, 1.54) is 0 Å². The molecular weight excluding hydrogens is 358 g/mol. The van der Waals surface area contributed by atoms with E-state index in [0.717, 1.165) is 0 Å². The minimum absolute atomic E-state index is 0. The fraction of sp³-hybridized carbons (Fsp3) is 0. The molecule has 0 radical (unpaired) electrons. The third kappa shape index (κ3) is 28.8. The maximum Gasteiger partial charge on any atom is 2.00 e. The first-order chi connectivity index (χ1) is 1.73. The van der Waals surface area contributed by atoms with Crippen molar-refractivity contribution in [1.82, 2.24) is 0 Å². The Morgan fingerprint density at radius 3 is 1.50 bits per heavy atom. The minimum Gasteiger partial charge on any atom is -1.00 e. The van der Waals surface area contributed by atoms with Crippen LogP contribution in [0.4, 0.5) is 0 Å². The molecular formula is H3BaCeO3S-. The van der Waals surface area contributed by atoms with Gasteiger partial charge in [0.15, 0.2) is 0 Å². The molecule has 0 fully saturated rings. The van der Waals surface area contributed by atoms with Crippen molar-refractivity contribution in [3.8, 4) is 0 Å². The molecule has 1 N–H and O–H groups in total. The number of hydrogen-bond donors (Lipinski definition) is 1. The topological polar surface area (TPSA) is 54.4 Å². The average Bonchev–Trinajstić information content (AvgIpc) is 0.811. The van der Waals surface area contributed by atoms with E-state index in [9.17, 15) is 0 Å². The zero-order valence-electron chi connectivity index (χ0n) is 4.88. The molecule has 34 valence electrons. The van der Waals surface area contributed by atoms with Crippen LogP contribution in [-0.4, -0.2) is 53.4 Å². The normalized spacial score (nSPS) is 5.67. The predicted molar refractivity (Wildman–Crippen MR) is 19.3 cm³/mol. The summed E-state index contributed by atoms with van der Waals surface area (Å²) in [5.41, 5.74) is 0. The van der Waals surface area contributed by atoms with Crippen LogP contribution in [0.2, 0.25) is 0 Å². The molecule has 6 heteroatoms. The largest absolute Gasteiger partial charge is 2.00 e. The van der Waals surface area contributed by atoms with E-state index in [1.54, 1.807) is 0 Å². The van der Waals surface area contributed by atoms with Crippen molar-refractivity contribution >= 4 is 59.9 Å². The van der Waals surface area contributed by atoms with E-state index >= 15 is 0 Å². The quantitative estimate of drug-likeness (QED) is 0.277. The molecule has 0 aromatic rings. The number of rotatable bonds is 0. The van der Waals surface area contributed by atoms with E-state index in [1.807, 2.05) is 0 Å². The van der Waals surface area contributed by atoms with Crippen LogP contribution in [0.3, 0.4) is 0 Å². The zero-order chi connectivity index (χ0) is 3.58. The van der Waals surface area contributed by atoms with Gasteiger partial charge in [0.2, 0.25) is 0 Å². The van der Waals surface area contributed by atoms with Crippen molar-refractivity contribution in [3.05, 3.63) is 0 Å². The molecule has 0 aliphatic carbocycles. The van der Waals surface area contributed by atoms with Crippen LogP contribution >= 0.6 is 0 Å². The van der Waals surface area contributed by atoms with Crippen molar-refractivity contribution in [3.63, 3.8) is 0 Å². The molecule has 0 amide bonds. The summed E-state index contributed by atoms with van der Waals surface area (Å²) in [6.45, 7) is 0. The second kappa shape index (κ2) is 10.8. The average molecular weight is 361 g/mol. The summed E-state index contributed by atoms with van der Waals surface area (Å²) in [6, 6.07) is 0. The summed E-state index contributed by atoms with van der Waals surface area (Å²) in [7, 11) is -2.86. The van der Waals surface area contributed by atoms with Gasteiger partial charge in [0.05, 0.1) is 0 Å². The SMILES string of the molecule is O=[S-](=O)O.[Ba+2].[Ce].[H-].[H-]. The summed E-state index contributed by atoms with van der Waals surface area (Å²) >= 11 is 0. The maximum atomic E-state index is 8.56. The van der Waals surface area contributed by atoms with Gasteiger partial charge in [-0.15, -0.1) is 0 Å². The monoisotopic (exact) mass is 361 g/mol. The molecule has 0 aromatic heterocycles. The fourth-order valence-corrected chi connectivity index (χ4v) is 0. The van der Waals surface area contributed by atoms with Crippen LogP contribution in [0.1, 0.15) is 2.85 Å². The van der Waals surface area contributed by atoms with Gasteiger partial charge in [-0.25, -0.2) is 0 Å². The Labute approximate surface area is 114 Å². The molecule has 0 aliphatic heterocycles. The fourth-order valence-electron chi connectivity index (χ4n) is 0. The van der Waals surface area contributed by atoms with Crippen LogP contribution in [0.15, 0.2) is 0 Å². The van der Waals surface area contributed by atoms with Crippen LogP contribution in [0.25, 0.3) is 0 Å². The molecule has 0 saturated heterocycles. The van der Waals surface area contributed by atoms with Crippen molar-refractivity contribution in [2.24, 2.45) is 0 Å². The third-order valence-corrected chi connectivity index (χ3v) is 0. The Hall–Kier alpha value is 2.86. The maximum absolute atomic E-state index is 8.56. The molecule has 0 unspecified atom stereocenters. The van der Waals surface area contributed by atoms with Crippen molar-refractivity contribution in [2.45, 2.75) is 0 Å². The summed E-state index contributed by atoms with van der Waals surface area (Å²) in [5, 5.41) is 0. The molecule has 3 nitrogen and oxygen atoms in total. The molecule has 0 rings (SSSR count). The van der Waals surface area contributed by atoms with Gasteiger partial charge in [-0.3, -0.25) is 0 Å². The van der Waals surface area contributed by atoms with E-state index in [0.29, 0.717) is 0 Å². The summed E-state index contributed by atoms with van der Waals surface area (Å²) in [6.07, 6.45) is 0. The van der Waals surface area contributed by atoms with E-state index in [-0.39, 0.29) is 93.5 Å². The Kier molecular flexibility index (Phi) is 28.6. The standard InChI is InChI=1S/Ba.Ce.HO3S.2H/c;;1-4(2)3;;/h;;(H,1,2,3);;/q+2;;3*-1. The summed E-state index contributed by atoms with van der Waals surface area (Å²) in [5.74, 6) is 0. The molecule has 0 spiro atoms. The Morgan fingerprint density at radius 1 is 1.50 bits per heavy atom. The van der Waals surface area contributed by atoms with Gasteiger partial charge in [0, 0.05) is 52.7 Å². The Bertz CT molecular complexity index is 65.7. The predicted octanol–water partition coefficient (Wildman–Crippen LogP) is -0.387. The Morgan fingerprint density at radius 2 is 1.50 bits per heavy atom. The first-order valence-electron chi connectivity index (χ1n) is 0.516. The van der Waals surface area contributed by atoms with Crippen molar-refractivity contribution in [2.75, 3.05) is 0 Å². The molecule has 0 aromatic carbocycles. The van der Waals surface area contributed by atoms with E-state index in [2.05, 4.69) is 0 Å². The third-order valence-electron chi connectivity index (χ3n) is 0. The van der Waals surface area contributed by atoms with E-state index < -0.39 is 11.0 Å². The molecule has 0 heterocycles. The van der Waals surface area contributed by atoms with E-state index in [4.69, 9.17) is 13.0 Å². The van der Waals surface area contributed by atoms with Gasteiger partial charge in [-0.1, -0.05) is 0 Å². The minimum atomic E-state index is -2.86. The smallest absolute Gasteiger partial charge is 1.00 e. The van der Waals surface area contributed by atoms with Crippen molar-refractivity contribution in [1.29, 1.82) is 0 Å². The molecule has 0 aliphatic rings. The molecule has 0 saturated carbocycles.